The summed E-state index contributed by atoms with van der Waals surface area (Å²) in [7, 11) is 3.10. The van der Waals surface area contributed by atoms with Gasteiger partial charge in [-0.3, -0.25) is 4.79 Å². The minimum atomic E-state index is -0.341. The van der Waals surface area contributed by atoms with Crippen LogP contribution in [0.5, 0.6) is 11.5 Å². The first-order chi connectivity index (χ1) is 12.7. The quantitative estimate of drug-likeness (QED) is 0.685. The van der Waals surface area contributed by atoms with Crippen molar-refractivity contribution in [3.63, 3.8) is 0 Å². The second kappa shape index (κ2) is 7.98. The third kappa shape index (κ3) is 3.89. The molecule has 7 heteroatoms. The van der Waals surface area contributed by atoms with Crippen molar-refractivity contribution in [3.05, 3.63) is 60.2 Å². The molecule has 0 fully saturated rings. The highest BCUT2D eigenvalue weighted by molar-refractivity contribution is 6.03. The Labute approximate surface area is 150 Å². The van der Waals surface area contributed by atoms with Gasteiger partial charge >= 0.3 is 0 Å². The molecule has 1 heterocycles. The van der Waals surface area contributed by atoms with Gasteiger partial charge in [-0.2, -0.15) is 0 Å². The standard InChI is InChI=1S/C19H17N3O4/c1-24-15-10-9-14(12-16(15)25-2)18-19(22-26-21-18)20-17(23)11-8-13-6-4-3-5-7-13/h3-12H,1-2H3,(H,20,22,23)/b11-8+. The summed E-state index contributed by atoms with van der Waals surface area (Å²) in [6.07, 6.45) is 3.13. The Morgan fingerprint density at radius 1 is 1.04 bits per heavy atom. The molecule has 0 aliphatic heterocycles. The Bertz CT molecular complexity index is 920. The number of benzene rings is 2. The maximum absolute atomic E-state index is 12.1. The number of hydrogen-bond acceptors (Lipinski definition) is 6. The second-order valence-corrected chi connectivity index (χ2v) is 5.26. The molecule has 0 saturated carbocycles. The lowest BCUT2D eigenvalue weighted by Crippen LogP contribution is -2.09. The van der Waals surface area contributed by atoms with E-state index in [-0.39, 0.29) is 11.7 Å². The number of methoxy groups -OCH3 is 2. The van der Waals surface area contributed by atoms with Crippen LogP contribution in [0.15, 0.2) is 59.2 Å². The van der Waals surface area contributed by atoms with Crippen LogP contribution in [-0.2, 0) is 4.79 Å². The van der Waals surface area contributed by atoms with Gasteiger partial charge in [0.05, 0.1) is 14.2 Å². The van der Waals surface area contributed by atoms with Crippen LogP contribution in [0.2, 0.25) is 0 Å². The van der Waals surface area contributed by atoms with Gasteiger partial charge in [0.1, 0.15) is 0 Å². The molecular formula is C19H17N3O4. The van der Waals surface area contributed by atoms with Gasteiger partial charge < -0.3 is 14.8 Å². The van der Waals surface area contributed by atoms with Crippen LogP contribution in [0.4, 0.5) is 5.82 Å². The van der Waals surface area contributed by atoms with E-state index in [1.165, 1.54) is 6.08 Å². The molecule has 0 atom stereocenters. The van der Waals surface area contributed by atoms with Gasteiger partial charge in [0.15, 0.2) is 17.2 Å². The molecule has 0 aliphatic rings. The van der Waals surface area contributed by atoms with Crippen LogP contribution in [0.3, 0.4) is 0 Å². The van der Waals surface area contributed by atoms with Gasteiger partial charge in [0.2, 0.25) is 11.7 Å². The summed E-state index contributed by atoms with van der Waals surface area (Å²) < 4.78 is 15.3. The first-order valence-corrected chi connectivity index (χ1v) is 7.80. The topological polar surface area (TPSA) is 86.5 Å². The van der Waals surface area contributed by atoms with Gasteiger partial charge in [0.25, 0.3) is 0 Å². The summed E-state index contributed by atoms with van der Waals surface area (Å²) in [6, 6.07) is 14.7. The normalized spacial score (nSPS) is 10.7. The zero-order chi connectivity index (χ0) is 18.4. The molecule has 26 heavy (non-hydrogen) atoms. The fourth-order valence-electron chi connectivity index (χ4n) is 2.34. The first-order valence-electron chi connectivity index (χ1n) is 7.80. The molecule has 7 nitrogen and oxygen atoms in total. The van der Waals surface area contributed by atoms with Crippen molar-refractivity contribution in [2.75, 3.05) is 19.5 Å². The van der Waals surface area contributed by atoms with E-state index in [0.29, 0.717) is 22.8 Å². The molecule has 0 bridgehead atoms. The predicted octanol–water partition coefficient (Wildman–Crippen LogP) is 3.41. The van der Waals surface area contributed by atoms with Crippen LogP contribution in [0.1, 0.15) is 5.56 Å². The SMILES string of the molecule is COc1ccc(-c2nonc2NC(=O)/C=C/c2ccccc2)cc1OC. The summed E-state index contributed by atoms with van der Waals surface area (Å²) in [4.78, 5) is 12.1. The lowest BCUT2D eigenvalue weighted by atomic mass is 10.1. The summed E-state index contributed by atoms with van der Waals surface area (Å²) in [5.74, 6) is 1.00. The highest BCUT2D eigenvalue weighted by Gasteiger charge is 2.16. The number of anilines is 1. The average molecular weight is 351 g/mol. The maximum atomic E-state index is 12.1. The average Bonchev–Trinajstić information content (AvgIpc) is 3.14. The smallest absolute Gasteiger partial charge is 0.249 e. The Hall–Kier alpha value is -3.61. The number of aromatic nitrogens is 2. The zero-order valence-corrected chi connectivity index (χ0v) is 14.3. The van der Waals surface area contributed by atoms with Crippen molar-refractivity contribution in [3.8, 4) is 22.8 Å². The number of nitrogens with one attached hydrogen (secondary N) is 1. The number of nitrogens with zero attached hydrogens (tertiary/aromatic N) is 2. The lowest BCUT2D eigenvalue weighted by molar-refractivity contribution is -0.111. The molecule has 1 N–H and O–H groups in total. The van der Waals surface area contributed by atoms with Crippen molar-refractivity contribution >= 4 is 17.8 Å². The number of ether oxygens (including phenoxy) is 2. The van der Waals surface area contributed by atoms with Gasteiger partial charge in [0, 0.05) is 11.6 Å². The van der Waals surface area contributed by atoms with Gasteiger partial charge in [-0.15, -0.1) is 0 Å². The van der Waals surface area contributed by atoms with Crippen LogP contribution in [0, 0.1) is 0 Å². The Kier molecular flexibility index (Phi) is 5.28. The molecule has 0 spiro atoms. The molecular weight excluding hydrogens is 334 g/mol. The van der Waals surface area contributed by atoms with E-state index in [1.54, 1.807) is 38.5 Å². The number of carbonyl (C=O) groups is 1. The molecule has 1 amide bonds. The van der Waals surface area contributed by atoms with Crippen molar-refractivity contribution in [1.29, 1.82) is 0 Å². The Balaban J connectivity index is 1.78. The van der Waals surface area contributed by atoms with E-state index in [0.717, 1.165) is 5.56 Å². The lowest BCUT2D eigenvalue weighted by Gasteiger charge is -2.08. The largest absolute Gasteiger partial charge is 0.493 e. The highest BCUT2D eigenvalue weighted by Crippen LogP contribution is 2.33. The summed E-state index contributed by atoms with van der Waals surface area (Å²) in [5, 5.41) is 10.3. The van der Waals surface area contributed by atoms with Gasteiger partial charge in [-0.25, -0.2) is 4.63 Å². The minimum absolute atomic E-state index is 0.222. The summed E-state index contributed by atoms with van der Waals surface area (Å²) >= 11 is 0. The molecule has 0 saturated heterocycles. The van der Waals surface area contributed by atoms with Crippen molar-refractivity contribution < 1.29 is 18.9 Å². The monoisotopic (exact) mass is 351 g/mol. The van der Waals surface area contributed by atoms with Crippen LogP contribution < -0.4 is 14.8 Å². The Morgan fingerprint density at radius 2 is 1.81 bits per heavy atom. The molecule has 0 radical (unpaired) electrons. The molecule has 132 valence electrons. The van der Waals surface area contributed by atoms with E-state index in [2.05, 4.69) is 15.6 Å². The second-order valence-electron chi connectivity index (χ2n) is 5.26. The maximum Gasteiger partial charge on any atom is 0.249 e. The van der Waals surface area contributed by atoms with E-state index >= 15 is 0 Å². The predicted molar refractivity (Wildman–Crippen MR) is 96.9 cm³/mol. The van der Waals surface area contributed by atoms with Crippen LogP contribution in [-0.4, -0.2) is 30.4 Å². The van der Waals surface area contributed by atoms with Crippen molar-refractivity contribution in [2.45, 2.75) is 0 Å². The van der Waals surface area contributed by atoms with E-state index in [4.69, 9.17) is 14.1 Å². The molecule has 1 aromatic heterocycles. The van der Waals surface area contributed by atoms with E-state index in [9.17, 15) is 4.79 Å². The number of rotatable bonds is 6. The summed E-state index contributed by atoms with van der Waals surface area (Å²) in [5.41, 5.74) is 1.99. The molecule has 0 aliphatic carbocycles. The number of hydrogen-bond donors (Lipinski definition) is 1. The molecule has 3 aromatic rings. The third-order valence-electron chi connectivity index (χ3n) is 3.61. The number of carbonyl (C=O) groups excluding carboxylic acids is 1. The highest BCUT2D eigenvalue weighted by atomic mass is 16.6. The molecule has 2 aromatic carbocycles. The summed E-state index contributed by atoms with van der Waals surface area (Å²) in [6.45, 7) is 0. The molecule has 3 rings (SSSR count). The van der Waals surface area contributed by atoms with Gasteiger partial charge in [-0.1, -0.05) is 30.3 Å². The fourth-order valence-corrected chi connectivity index (χ4v) is 2.34. The van der Waals surface area contributed by atoms with E-state index in [1.807, 2.05) is 30.3 Å². The van der Waals surface area contributed by atoms with E-state index < -0.39 is 0 Å². The minimum Gasteiger partial charge on any atom is -0.493 e. The van der Waals surface area contributed by atoms with Crippen molar-refractivity contribution in [1.82, 2.24) is 10.3 Å². The van der Waals surface area contributed by atoms with Gasteiger partial charge in [-0.05, 0) is 40.2 Å². The third-order valence-corrected chi connectivity index (χ3v) is 3.61. The zero-order valence-electron chi connectivity index (χ0n) is 14.3. The molecule has 0 unspecified atom stereocenters. The fraction of sp³-hybridized carbons (Fsp3) is 0.105. The first kappa shape index (κ1) is 17.2. The number of amides is 1. The Morgan fingerprint density at radius 3 is 2.54 bits per heavy atom. The van der Waals surface area contributed by atoms with Crippen LogP contribution >= 0.6 is 0 Å². The van der Waals surface area contributed by atoms with Crippen molar-refractivity contribution in [2.24, 2.45) is 0 Å². The van der Waals surface area contributed by atoms with Crippen LogP contribution in [0.25, 0.3) is 17.3 Å².